The van der Waals surface area contributed by atoms with Crippen molar-refractivity contribution in [2.75, 3.05) is 24.3 Å². The van der Waals surface area contributed by atoms with Gasteiger partial charge in [0.05, 0.1) is 6.54 Å². The molecule has 0 atom stereocenters. The molecule has 2 aromatic carbocycles. The van der Waals surface area contributed by atoms with Crippen LogP contribution >= 0.6 is 0 Å². The average Bonchev–Trinajstić information content (AvgIpc) is 2.49. The zero-order valence-corrected chi connectivity index (χ0v) is 14.6. The highest BCUT2D eigenvalue weighted by molar-refractivity contribution is 5.92. The molecule has 0 unspecified atom stereocenters. The second-order valence-corrected chi connectivity index (χ2v) is 6.15. The summed E-state index contributed by atoms with van der Waals surface area (Å²) in [6.07, 6.45) is 0. The molecule has 2 aromatic rings. The summed E-state index contributed by atoms with van der Waals surface area (Å²) in [5.74, 6) is 0.429. The van der Waals surface area contributed by atoms with Crippen LogP contribution in [-0.2, 0) is 6.54 Å². The number of nitrogens with one attached hydrogen (secondary N) is 1. The fraction of sp³-hybridized carbons (Fsp3) is 0.316. The zero-order chi connectivity index (χ0) is 17.0. The maximum Gasteiger partial charge on any atom is 0.193 e. The molecule has 0 spiro atoms. The van der Waals surface area contributed by atoms with Crippen molar-refractivity contribution in [3.05, 3.63) is 58.7 Å². The van der Waals surface area contributed by atoms with E-state index in [0.29, 0.717) is 12.5 Å². The maximum absolute atomic E-state index is 6.02. The fourth-order valence-electron chi connectivity index (χ4n) is 2.40. The second-order valence-electron chi connectivity index (χ2n) is 6.15. The number of hydrogen-bond acceptors (Lipinski definition) is 2. The highest BCUT2D eigenvalue weighted by Crippen LogP contribution is 2.21. The lowest BCUT2D eigenvalue weighted by atomic mass is 10.1. The Morgan fingerprint density at radius 3 is 2.43 bits per heavy atom. The summed E-state index contributed by atoms with van der Waals surface area (Å²) < 4.78 is 0. The van der Waals surface area contributed by atoms with Crippen molar-refractivity contribution in [2.24, 2.45) is 10.7 Å². The van der Waals surface area contributed by atoms with Gasteiger partial charge in [0.1, 0.15) is 0 Å². The van der Waals surface area contributed by atoms with E-state index < -0.39 is 0 Å². The Balaban J connectivity index is 2.12. The molecule has 4 heteroatoms. The molecule has 0 bridgehead atoms. The molecular weight excluding hydrogens is 284 g/mol. The predicted molar refractivity (Wildman–Crippen MR) is 100 cm³/mol. The molecule has 0 amide bonds. The van der Waals surface area contributed by atoms with E-state index in [0.717, 1.165) is 11.3 Å². The highest BCUT2D eigenvalue weighted by Gasteiger charge is 2.05. The Labute approximate surface area is 139 Å². The van der Waals surface area contributed by atoms with Gasteiger partial charge in [-0.05, 0) is 61.2 Å². The monoisotopic (exact) mass is 310 g/mol. The molecule has 122 valence electrons. The van der Waals surface area contributed by atoms with Crippen molar-refractivity contribution in [1.29, 1.82) is 0 Å². The molecule has 0 aromatic heterocycles. The minimum Gasteiger partial charge on any atom is -0.377 e. The number of rotatable bonds is 4. The minimum atomic E-state index is 0.429. The normalized spacial score (nSPS) is 11.4. The summed E-state index contributed by atoms with van der Waals surface area (Å²) in [7, 11) is 4.08. The van der Waals surface area contributed by atoms with Gasteiger partial charge in [0.25, 0.3) is 0 Å². The Bertz CT molecular complexity index is 717. The van der Waals surface area contributed by atoms with Gasteiger partial charge in [0, 0.05) is 25.5 Å². The zero-order valence-electron chi connectivity index (χ0n) is 14.6. The van der Waals surface area contributed by atoms with Gasteiger partial charge in [-0.3, -0.25) is 0 Å². The molecule has 23 heavy (non-hydrogen) atoms. The van der Waals surface area contributed by atoms with Gasteiger partial charge in [-0.25, -0.2) is 4.99 Å². The van der Waals surface area contributed by atoms with Crippen LogP contribution in [0.1, 0.15) is 22.3 Å². The number of benzene rings is 2. The Morgan fingerprint density at radius 2 is 1.78 bits per heavy atom. The van der Waals surface area contributed by atoms with Crippen molar-refractivity contribution in [3.8, 4) is 0 Å². The number of nitrogens with zero attached hydrogens (tertiary/aromatic N) is 2. The van der Waals surface area contributed by atoms with Crippen molar-refractivity contribution in [3.63, 3.8) is 0 Å². The number of guanidine groups is 1. The minimum absolute atomic E-state index is 0.429. The van der Waals surface area contributed by atoms with E-state index in [9.17, 15) is 0 Å². The van der Waals surface area contributed by atoms with Crippen LogP contribution in [0.4, 0.5) is 11.4 Å². The van der Waals surface area contributed by atoms with Crippen LogP contribution in [0.2, 0.25) is 0 Å². The lowest BCUT2D eigenvalue weighted by molar-refractivity contribution is 1.02. The van der Waals surface area contributed by atoms with Crippen LogP contribution in [0.5, 0.6) is 0 Å². The Morgan fingerprint density at radius 1 is 1.04 bits per heavy atom. The van der Waals surface area contributed by atoms with Crippen LogP contribution < -0.4 is 16.0 Å². The van der Waals surface area contributed by atoms with Gasteiger partial charge in [0.2, 0.25) is 0 Å². The molecule has 4 nitrogen and oxygen atoms in total. The predicted octanol–water partition coefficient (Wildman–Crippen LogP) is 3.60. The molecule has 0 aliphatic carbocycles. The van der Waals surface area contributed by atoms with E-state index in [1.165, 1.54) is 22.4 Å². The SMILES string of the molecule is Cc1ccc(CN=C(N)Nc2ccc(C)c(C)c2)c(N(C)C)c1. The third-order valence-electron chi connectivity index (χ3n) is 3.92. The summed E-state index contributed by atoms with van der Waals surface area (Å²) in [6.45, 7) is 6.83. The molecule has 0 heterocycles. The third kappa shape index (κ3) is 4.49. The van der Waals surface area contributed by atoms with E-state index >= 15 is 0 Å². The van der Waals surface area contributed by atoms with Gasteiger partial charge in [-0.15, -0.1) is 0 Å². The standard InChI is InChI=1S/C19H26N4/c1-13-6-8-16(18(10-13)23(4)5)12-21-19(20)22-17-9-7-14(2)15(3)11-17/h6-11H,12H2,1-5H3,(H3,20,21,22). The molecule has 0 saturated carbocycles. The number of nitrogens with two attached hydrogens (primary N) is 1. The van der Waals surface area contributed by atoms with Crippen molar-refractivity contribution >= 4 is 17.3 Å². The molecule has 2 rings (SSSR count). The highest BCUT2D eigenvalue weighted by atomic mass is 15.1. The molecule has 0 radical (unpaired) electrons. The summed E-state index contributed by atoms with van der Waals surface area (Å²) >= 11 is 0. The largest absolute Gasteiger partial charge is 0.377 e. The first-order chi connectivity index (χ1) is 10.9. The summed E-state index contributed by atoms with van der Waals surface area (Å²) in [5.41, 5.74) is 13.1. The third-order valence-corrected chi connectivity index (χ3v) is 3.92. The first-order valence-corrected chi connectivity index (χ1v) is 7.78. The summed E-state index contributed by atoms with van der Waals surface area (Å²) in [4.78, 5) is 6.57. The maximum atomic E-state index is 6.02. The first-order valence-electron chi connectivity index (χ1n) is 7.78. The molecule has 0 aliphatic heterocycles. The lowest BCUT2D eigenvalue weighted by Gasteiger charge is -2.17. The summed E-state index contributed by atoms with van der Waals surface area (Å²) in [5, 5.41) is 3.15. The number of aliphatic imine (C=N–C) groups is 1. The van der Waals surface area contributed by atoms with Crippen molar-refractivity contribution < 1.29 is 0 Å². The number of hydrogen-bond donors (Lipinski definition) is 2. The molecule has 3 N–H and O–H groups in total. The fourth-order valence-corrected chi connectivity index (χ4v) is 2.40. The van der Waals surface area contributed by atoms with E-state index in [1.54, 1.807) is 0 Å². The number of anilines is 2. The first kappa shape index (κ1) is 16.9. The van der Waals surface area contributed by atoms with Crippen LogP contribution in [0.25, 0.3) is 0 Å². The van der Waals surface area contributed by atoms with Crippen LogP contribution in [0.15, 0.2) is 41.4 Å². The van der Waals surface area contributed by atoms with Crippen LogP contribution in [0, 0.1) is 20.8 Å². The quantitative estimate of drug-likeness (QED) is 0.670. The average molecular weight is 310 g/mol. The topological polar surface area (TPSA) is 53.6 Å². The second kappa shape index (κ2) is 7.18. The van der Waals surface area contributed by atoms with Crippen LogP contribution in [0.3, 0.4) is 0 Å². The Kier molecular flexibility index (Phi) is 5.27. The van der Waals surface area contributed by atoms with Gasteiger partial charge in [-0.1, -0.05) is 18.2 Å². The summed E-state index contributed by atoms with van der Waals surface area (Å²) in [6, 6.07) is 12.5. The Hall–Kier alpha value is -2.49. The lowest BCUT2D eigenvalue weighted by Crippen LogP contribution is -2.23. The van der Waals surface area contributed by atoms with E-state index in [2.05, 4.69) is 66.3 Å². The molecular formula is C19H26N4. The van der Waals surface area contributed by atoms with Crippen molar-refractivity contribution in [2.45, 2.75) is 27.3 Å². The smallest absolute Gasteiger partial charge is 0.193 e. The molecule has 0 aliphatic rings. The van der Waals surface area contributed by atoms with Crippen molar-refractivity contribution in [1.82, 2.24) is 0 Å². The van der Waals surface area contributed by atoms with Gasteiger partial charge in [-0.2, -0.15) is 0 Å². The number of aryl methyl sites for hydroxylation is 3. The van der Waals surface area contributed by atoms with Gasteiger partial charge >= 0.3 is 0 Å². The van der Waals surface area contributed by atoms with E-state index in [1.807, 2.05) is 20.2 Å². The molecule has 0 saturated heterocycles. The van der Waals surface area contributed by atoms with E-state index in [-0.39, 0.29) is 0 Å². The van der Waals surface area contributed by atoms with Gasteiger partial charge in [0.15, 0.2) is 5.96 Å². The van der Waals surface area contributed by atoms with Gasteiger partial charge < -0.3 is 16.0 Å². The van der Waals surface area contributed by atoms with E-state index in [4.69, 9.17) is 5.73 Å². The van der Waals surface area contributed by atoms with Crippen LogP contribution in [-0.4, -0.2) is 20.1 Å². The molecule has 0 fully saturated rings.